The third-order valence-corrected chi connectivity index (χ3v) is 3.36. The van der Waals surface area contributed by atoms with Crippen LogP contribution in [0.2, 0.25) is 0 Å². The van der Waals surface area contributed by atoms with E-state index in [1.54, 1.807) is 0 Å². The van der Waals surface area contributed by atoms with Gasteiger partial charge in [-0.1, -0.05) is 24.3 Å². The molecule has 1 N–H and O–H groups in total. The van der Waals surface area contributed by atoms with Gasteiger partial charge in [0, 0.05) is 19.5 Å². The Bertz CT molecular complexity index is 432. The van der Waals surface area contributed by atoms with Crippen LogP contribution in [0.4, 0.5) is 0 Å². The number of rotatable bonds is 5. The van der Waals surface area contributed by atoms with Crippen molar-refractivity contribution in [2.45, 2.75) is 18.9 Å². The zero-order valence-corrected chi connectivity index (χ0v) is 11.7. The van der Waals surface area contributed by atoms with Crippen molar-refractivity contribution in [1.82, 2.24) is 10.2 Å². The lowest BCUT2D eigenvalue weighted by Crippen LogP contribution is -2.33. The molecular weight excluding hydrogens is 240 g/mol. The first-order valence-corrected chi connectivity index (χ1v) is 6.77. The van der Waals surface area contributed by atoms with Crippen LogP contribution < -0.4 is 5.32 Å². The fourth-order valence-electron chi connectivity index (χ4n) is 2.27. The van der Waals surface area contributed by atoms with E-state index >= 15 is 0 Å². The first-order valence-electron chi connectivity index (χ1n) is 6.77. The summed E-state index contributed by atoms with van der Waals surface area (Å²) in [6.07, 6.45) is 1.48. The van der Waals surface area contributed by atoms with Crippen molar-refractivity contribution < 1.29 is 9.53 Å². The van der Waals surface area contributed by atoms with Crippen molar-refractivity contribution in [1.29, 1.82) is 0 Å². The van der Waals surface area contributed by atoms with Crippen molar-refractivity contribution in [3.8, 4) is 0 Å². The zero-order valence-electron chi connectivity index (χ0n) is 11.7. The molecule has 4 heteroatoms. The Kier molecular flexibility index (Phi) is 4.93. The summed E-state index contributed by atoms with van der Waals surface area (Å²) in [6, 6.07) is 8.30. The highest BCUT2D eigenvalue weighted by molar-refractivity contribution is 5.76. The maximum Gasteiger partial charge on any atom is 0.221 e. The number of nitrogens with zero attached hydrogens (tertiary/aromatic N) is 1. The minimum atomic E-state index is -0.00624. The van der Waals surface area contributed by atoms with Crippen LogP contribution in [0.5, 0.6) is 0 Å². The largest absolute Gasteiger partial charge is 0.371 e. The summed E-state index contributed by atoms with van der Waals surface area (Å²) in [6.45, 7) is 2.06. The lowest BCUT2D eigenvalue weighted by Gasteiger charge is -2.26. The minimum Gasteiger partial charge on any atom is -0.371 e. The number of carbonyl (C=O) groups excluding carboxylic acids is 1. The third-order valence-electron chi connectivity index (χ3n) is 3.36. The molecule has 0 saturated carbocycles. The van der Waals surface area contributed by atoms with E-state index in [1.165, 1.54) is 11.1 Å². The van der Waals surface area contributed by atoms with Gasteiger partial charge in [-0.25, -0.2) is 0 Å². The molecule has 1 aromatic carbocycles. The molecule has 0 unspecified atom stereocenters. The molecule has 1 atom stereocenters. The van der Waals surface area contributed by atoms with Gasteiger partial charge >= 0.3 is 0 Å². The molecule has 1 aliphatic heterocycles. The van der Waals surface area contributed by atoms with Crippen LogP contribution in [0, 0.1) is 0 Å². The van der Waals surface area contributed by atoms with Gasteiger partial charge in [0.25, 0.3) is 0 Å². The van der Waals surface area contributed by atoms with Crippen molar-refractivity contribution in [2.24, 2.45) is 0 Å². The molecule has 104 valence electrons. The lowest BCUT2D eigenvalue weighted by atomic mass is 9.97. The van der Waals surface area contributed by atoms with E-state index in [2.05, 4.69) is 23.5 Å². The SMILES string of the molecule is CN(C)CCC(=O)NC[C@H]1OCCc2ccccc21. The summed E-state index contributed by atoms with van der Waals surface area (Å²) in [4.78, 5) is 13.7. The van der Waals surface area contributed by atoms with E-state index in [9.17, 15) is 4.79 Å². The van der Waals surface area contributed by atoms with E-state index < -0.39 is 0 Å². The maximum absolute atomic E-state index is 11.7. The molecule has 0 aliphatic carbocycles. The van der Waals surface area contributed by atoms with Crippen molar-refractivity contribution in [3.05, 3.63) is 35.4 Å². The Morgan fingerprint density at radius 3 is 3.00 bits per heavy atom. The molecule has 0 saturated heterocycles. The Balaban J connectivity index is 1.86. The molecular formula is C15H22N2O2. The van der Waals surface area contributed by atoms with Gasteiger partial charge in [-0.15, -0.1) is 0 Å². The number of carbonyl (C=O) groups is 1. The number of benzene rings is 1. The number of nitrogens with one attached hydrogen (secondary N) is 1. The van der Waals surface area contributed by atoms with E-state index in [0.29, 0.717) is 13.0 Å². The van der Waals surface area contributed by atoms with Gasteiger partial charge in [-0.3, -0.25) is 4.79 Å². The number of amides is 1. The molecule has 19 heavy (non-hydrogen) atoms. The summed E-state index contributed by atoms with van der Waals surface area (Å²) in [7, 11) is 3.93. The third kappa shape index (κ3) is 4.04. The van der Waals surface area contributed by atoms with Crippen LogP contribution in [-0.4, -0.2) is 44.6 Å². The second kappa shape index (κ2) is 6.68. The fourth-order valence-corrected chi connectivity index (χ4v) is 2.27. The smallest absolute Gasteiger partial charge is 0.221 e. The van der Waals surface area contributed by atoms with E-state index in [0.717, 1.165) is 19.6 Å². The van der Waals surface area contributed by atoms with Crippen LogP contribution >= 0.6 is 0 Å². The normalized spacial score (nSPS) is 18.2. The molecule has 0 aromatic heterocycles. The molecule has 0 radical (unpaired) electrons. The molecule has 1 aliphatic rings. The minimum absolute atomic E-state index is 0.00624. The molecule has 0 fully saturated rings. The van der Waals surface area contributed by atoms with Gasteiger partial charge < -0.3 is 15.0 Å². The van der Waals surface area contributed by atoms with E-state index in [-0.39, 0.29) is 12.0 Å². The number of hydrogen-bond acceptors (Lipinski definition) is 3. The maximum atomic E-state index is 11.7. The number of ether oxygens (including phenoxy) is 1. The molecule has 1 amide bonds. The van der Waals surface area contributed by atoms with Gasteiger partial charge in [-0.05, 0) is 31.6 Å². The average molecular weight is 262 g/mol. The highest BCUT2D eigenvalue weighted by Crippen LogP contribution is 2.26. The second-order valence-electron chi connectivity index (χ2n) is 5.17. The summed E-state index contributed by atoms with van der Waals surface area (Å²) in [5, 5.41) is 2.96. The Morgan fingerprint density at radius 2 is 2.21 bits per heavy atom. The predicted octanol–water partition coefficient (Wildman–Crippen LogP) is 1.37. The van der Waals surface area contributed by atoms with E-state index in [4.69, 9.17) is 4.74 Å². The molecule has 1 aromatic rings. The summed E-state index contributed by atoms with van der Waals surface area (Å²) in [5.74, 6) is 0.0837. The monoisotopic (exact) mass is 262 g/mol. The topological polar surface area (TPSA) is 41.6 Å². The zero-order chi connectivity index (χ0) is 13.7. The van der Waals surface area contributed by atoms with Gasteiger partial charge in [0.05, 0.1) is 6.61 Å². The molecule has 4 nitrogen and oxygen atoms in total. The molecule has 0 bridgehead atoms. The van der Waals surface area contributed by atoms with Crippen LogP contribution in [0.3, 0.4) is 0 Å². The first kappa shape index (κ1) is 14.0. The Morgan fingerprint density at radius 1 is 1.42 bits per heavy atom. The average Bonchev–Trinajstić information content (AvgIpc) is 2.42. The number of fused-ring (bicyclic) bond motifs is 1. The van der Waals surface area contributed by atoms with Crippen LogP contribution in [0.25, 0.3) is 0 Å². The molecule has 0 spiro atoms. The van der Waals surface area contributed by atoms with Crippen LogP contribution in [-0.2, 0) is 16.0 Å². The predicted molar refractivity (Wildman–Crippen MR) is 75.0 cm³/mol. The molecule has 1 heterocycles. The quantitative estimate of drug-likeness (QED) is 0.871. The van der Waals surface area contributed by atoms with Gasteiger partial charge in [0.15, 0.2) is 0 Å². The standard InChI is InChI=1S/C15H22N2O2/c1-17(2)9-7-15(18)16-11-14-13-6-4-3-5-12(13)8-10-19-14/h3-6,14H,7-11H2,1-2H3,(H,16,18)/t14-/m1/s1. The summed E-state index contributed by atoms with van der Waals surface area (Å²) < 4.78 is 5.76. The van der Waals surface area contributed by atoms with Gasteiger partial charge in [-0.2, -0.15) is 0 Å². The van der Waals surface area contributed by atoms with Gasteiger partial charge in [0.1, 0.15) is 6.10 Å². The summed E-state index contributed by atoms with van der Waals surface area (Å²) in [5.41, 5.74) is 2.54. The van der Waals surface area contributed by atoms with Crippen molar-refractivity contribution in [2.75, 3.05) is 33.8 Å². The summed E-state index contributed by atoms with van der Waals surface area (Å²) >= 11 is 0. The van der Waals surface area contributed by atoms with E-state index in [1.807, 2.05) is 25.1 Å². The highest BCUT2D eigenvalue weighted by Gasteiger charge is 2.20. The number of hydrogen-bond donors (Lipinski definition) is 1. The second-order valence-corrected chi connectivity index (χ2v) is 5.17. The van der Waals surface area contributed by atoms with Crippen molar-refractivity contribution >= 4 is 5.91 Å². The highest BCUT2D eigenvalue weighted by atomic mass is 16.5. The van der Waals surface area contributed by atoms with Crippen LogP contribution in [0.15, 0.2) is 24.3 Å². The fraction of sp³-hybridized carbons (Fsp3) is 0.533. The van der Waals surface area contributed by atoms with Crippen molar-refractivity contribution in [3.63, 3.8) is 0 Å². The lowest BCUT2D eigenvalue weighted by molar-refractivity contribution is -0.122. The van der Waals surface area contributed by atoms with Gasteiger partial charge in [0.2, 0.25) is 5.91 Å². The first-order chi connectivity index (χ1) is 9.16. The van der Waals surface area contributed by atoms with Crippen LogP contribution in [0.1, 0.15) is 23.7 Å². The Labute approximate surface area is 114 Å². The molecule has 2 rings (SSSR count). The Hall–Kier alpha value is -1.39.